The minimum Gasteiger partial charge on any atom is -0.367 e. The van der Waals surface area contributed by atoms with Crippen molar-refractivity contribution in [1.82, 2.24) is 10.6 Å². The van der Waals surface area contributed by atoms with Crippen LogP contribution in [0.1, 0.15) is 23.5 Å². The maximum absolute atomic E-state index is 14.1. The zero-order chi connectivity index (χ0) is 23.6. The summed E-state index contributed by atoms with van der Waals surface area (Å²) in [7, 11) is 1.33. The Morgan fingerprint density at radius 1 is 1.30 bits per heavy atom. The molecule has 1 unspecified atom stereocenters. The third kappa shape index (κ3) is 4.45. The van der Waals surface area contributed by atoms with Crippen molar-refractivity contribution in [2.24, 2.45) is 0 Å². The van der Waals surface area contributed by atoms with Gasteiger partial charge in [0, 0.05) is 26.7 Å². The van der Waals surface area contributed by atoms with Crippen molar-refractivity contribution in [3.05, 3.63) is 53.6 Å². The fraction of sp³-hybridized carbons (Fsp3) is 0.375. The molecule has 33 heavy (non-hydrogen) atoms. The molecule has 2 atom stereocenters. The van der Waals surface area contributed by atoms with Crippen molar-refractivity contribution in [3.63, 3.8) is 0 Å². The standard InChI is InChI=1S/C24H24F2N4O3/c1-30-20-11-17(7-8-19(20)24(25,26)23(30)32)15-3-5-16(6-4-15)18(12-27)13-29-22(31)21-14-28-9-2-10-33-21/h3-8,11,18,21,28H,2,9-10,13-14H2,1H3,(H,29,31)/t18?,21-/m0/s1. The van der Waals surface area contributed by atoms with Crippen LogP contribution in [0, 0.1) is 11.3 Å². The lowest BCUT2D eigenvalue weighted by Crippen LogP contribution is -2.42. The minimum absolute atomic E-state index is 0.148. The molecule has 4 rings (SSSR count). The Labute approximate surface area is 190 Å². The summed E-state index contributed by atoms with van der Waals surface area (Å²) in [5, 5.41) is 15.5. The molecule has 0 bridgehead atoms. The topological polar surface area (TPSA) is 94.5 Å². The highest BCUT2D eigenvalue weighted by Crippen LogP contribution is 2.44. The summed E-state index contributed by atoms with van der Waals surface area (Å²) >= 11 is 0. The smallest absolute Gasteiger partial charge is 0.352 e. The van der Waals surface area contributed by atoms with Crippen LogP contribution in [0.25, 0.3) is 11.1 Å². The van der Waals surface area contributed by atoms with Gasteiger partial charge < -0.3 is 20.3 Å². The Bertz CT molecular complexity index is 1090. The van der Waals surface area contributed by atoms with Gasteiger partial charge in [-0.3, -0.25) is 9.59 Å². The highest BCUT2D eigenvalue weighted by atomic mass is 19.3. The van der Waals surface area contributed by atoms with Crippen LogP contribution in [0.3, 0.4) is 0 Å². The lowest BCUT2D eigenvalue weighted by Gasteiger charge is -2.17. The van der Waals surface area contributed by atoms with E-state index in [9.17, 15) is 23.6 Å². The molecule has 2 N–H and O–H groups in total. The second kappa shape index (κ2) is 9.25. The highest BCUT2D eigenvalue weighted by molar-refractivity contribution is 6.06. The minimum atomic E-state index is -3.52. The number of anilines is 1. The molecule has 1 saturated heterocycles. The molecule has 2 heterocycles. The zero-order valence-corrected chi connectivity index (χ0v) is 18.1. The Hall–Kier alpha value is -3.35. The molecule has 172 valence electrons. The Morgan fingerprint density at radius 3 is 2.76 bits per heavy atom. The summed E-state index contributed by atoms with van der Waals surface area (Å²) in [6.07, 6.45) is 0.266. The van der Waals surface area contributed by atoms with Crippen molar-refractivity contribution in [2.45, 2.75) is 24.4 Å². The maximum Gasteiger partial charge on any atom is 0.352 e. The SMILES string of the molecule is CN1C(=O)C(F)(F)c2ccc(-c3ccc(C(C#N)CNC(=O)[C@@H]4CNCCCO4)cc3)cc21. The van der Waals surface area contributed by atoms with Gasteiger partial charge in [0.1, 0.15) is 6.10 Å². The van der Waals surface area contributed by atoms with Gasteiger partial charge in [-0.05, 0) is 41.8 Å². The number of ether oxygens (including phenoxy) is 1. The third-order valence-corrected chi connectivity index (χ3v) is 5.99. The van der Waals surface area contributed by atoms with E-state index in [0.29, 0.717) is 18.7 Å². The number of hydrogen-bond donors (Lipinski definition) is 2. The van der Waals surface area contributed by atoms with Gasteiger partial charge in [-0.15, -0.1) is 0 Å². The number of halogens is 2. The van der Waals surface area contributed by atoms with Gasteiger partial charge >= 0.3 is 11.8 Å². The molecule has 2 aromatic rings. The van der Waals surface area contributed by atoms with Gasteiger partial charge in [0.2, 0.25) is 0 Å². The van der Waals surface area contributed by atoms with Crippen LogP contribution in [-0.2, 0) is 20.2 Å². The van der Waals surface area contributed by atoms with Crippen LogP contribution in [0.2, 0.25) is 0 Å². The van der Waals surface area contributed by atoms with Gasteiger partial charge in [-0.1, -0.05) is 30.3 Å². The first-order valence-electron chi connectivity index (χ1n) is 10.7. The van der Waals surface area contributed by atoms with Gasteiger partial charge in [0.05, 0.1) is 23.2 Å². The number of carbonyl (C=O) groups is 2. The number of rotatable bonds is 5. The van der Waals surface area contributed by atoms with E-state index >= 15 is 0 Å². The predicted molar refractivity (Wildman–Crippen MR) is 118 cm³/mol. The largest absolute Gasteiger partial charge is 0.367 e. The number of carbonyl (C=O) groups excluding carboxylic acids is 2. The summed E-state index contributed by atoms with van der Waals surface area (Å²) in [5.74, 6) is -5.57. The number of benzene rings is 2. The van der Waals surface area contributed by atoms with Crippen LogP contribution >= 0.6 is 0 Å². The molecule has 2 aromatic carbocycles. The molecule has 2 aliphatic rings. The van der Waals surface area contributed by atoms with Crippen molar-refractivity contribution in [2.75, 3.05) is 38.2 Å². The van der Waals surface area contributed by atoms with E-state index in [1.54, 1.807) is 36.4 Å². The molecule has 1 fully saturated rings. The number of hydrogen-bond acceptors (Lipinski definition) is 5. The monoisotopic (exact) mass is 454 g/mol. The number of fused-ring (bicyclic) bond motifs is 1. The van der Waals surface area contributed by atoms with Crippen LogP contribution in [0.4, 0.5) is 14.5 Å². The summed E-state index contributed by atoms with van der Waals surface area (Å²) in [6, 6.07) is 13.7. The average molecular weight is 454 g/mol. The van der Waals surface area contributed by atoms with E-state index in [2.05, 4.69) is 16.7 Å². The van der Waals surface area contributed by atoms with Crippen LogP contribution in [0.5, 0.6) is 0 Å². The quantitative estimate of drug-likeness (QED) is 0.724. The van der Waals surface area contributed by atoms with E-state index in [1.807, 2.05) is 0 Å². The van der Waals surface area contributed by atoms with Gasteiger partial charge in [0.25, 0.3) is 5.91 Å². The van der Waals surface area contributed by atoms with Crippen molar-refractivity contribution >= 4 is 17.5 Å². The molecular formula is C24H24F2N4O3. The summed E-state index contributed by atoms with van der Waals surface area (Å²) in [5.41, 5.74) is 2.04. The van der Waals surface area contributed by atoms with Gasteiger partial charge in [0.15, 0.2) is 0 Å². The fourth-order valence-corrected chi connectivity index (χ4v) is 4.04. The predicted octanol–water partition coefficient (Wildman–Crippen LogP) is 2.52. The third-order valence-electron chi connectivity index (χ3n) is 5.99. The molecule has 9 heteroatoms. The first-order chi connectivity index (χ1) is 15.8. The first kappa shape index (κ1) is 22.8. The lowest BCUT2D eigenvalue weighted by atomic mass is 9.96. The lowest BCUT2D eigenvalue weighted by molar-refractivity contribution is -0.141. The van der Waals surface area contributed by atoms with E-state index < -0.39 is 23.9 Å². The first-order valence-corrected chi connectivity index (χ1v) is 10.7. The zero-order valence-electron chi connectivity index (χ0n) is 18.1. The number of nitrogens with zero attached hydrogens (tertiary/aromatic N) is 2. The van der Waals surface area contributed by atoms with E-state index in [0.717, 1.165) is 29.0 Å². The Kier molecular flexibility index (Phi) is 6.40. The van der Waals surface area contributed by atoms with E-state index in [-0.39, 0.29) is 23.7 Å². The number of nitriles is 1. The number of likely N-dealkylation sites (N-methyl/N-ethyl adjacent to an activating group) is 1. The van der Waals surface area contributed by atoms with Crippen LogP contribution in [-0.4, -0.2) is 51.2 Å². The summed E-state index contributed by atoms with van der Waals surface area (Å²) in [4.78, 5) is 25.1. The molecule has 0 aromatic heterocycles. The molecular weight excluding hydrogens is 430 g/mol. The molecule has 0 aliphatic carbocycles. The fourth-order valence-electron chi connectivity index (χ4n) is 4.04. The summed E-state index contributed by atoms with van der Waals surface area (Å²) in [6.45, 7) is 1.90. The van der Waals surface area contributed by atoms with Crippen molar-refractivity contribution < 1.29 is 23.1 Å². The maximum atomic E-state index is 14.1. The summed E-state index contributed by atoms with van der Waals surface area (Å²) < 4.78 is 33.7. The second-order valence-electron chi connectivity index (χ2n) is 8.14. The van der Waals surface area contributed by atoms with E-state index in [4.69, 9.17) is 4.74 Å². The van der Waals surface area contributed by atoms with Crippen molar-refractivity contribution in [1.29, 1.82) is 5.26 Å². The molecule has 0 saturated carbocycles. The highest BCUT2D eigenvalue weighted by Gasteiger charge is 2.51. The number of nitrogens with one attached hydrogen (secondary N) is 2. The van der Waals surface area contributed by atoms with Crippen LogP contribution in [0.15, 0.2) is 42.5 Å². The van der Waals surface area contributed by atoms with Crippen LogP contribution < -0.4 is 15.5 Å². The molecule has 0 spiro atoms. The number of alkyl halides is 2. The molecule has 7 nitrogen and oxygen atoms in total. The van der Waals surface area contributed by atoms with E-state index in [1.165, 1.54) is 13.1 Å². The Morgan fingerprint density at radius 2 is 2.03 bits per heavy atom. The number of amides is 2. The molecule has 0 radical (unpaired) electrons. The second-order valence-corrected chi connectivity index (χ2v) is 8.14. The van der Waals surface area contributed by atoms with Gasteiger partial charge in [-0.2, -0.15) is 14.0 Å². The normalized spacial score (nSPS) is 20.5. The van der Waals surface area contributed by atoms with Gasteiger partial charge in [-0.25, -0.2) is 0 Å². The molecule has 2 amide bonds. The molecule has 2 aliphatic heterocycles. The Balaban J connectivity index is 1.45. The van der Waals surface area contributed by atoms with Crippen molar-refractivity contribution in [3.8, 4) is 17.2 Å². The average Bonchev–Trinajstić information content (AvgIpc) is 3.04.